The molecular weight excluding hydrogens is 260 g/mol. The maximum absolute atomic E-state index is 8.10. The summed E-state index contributed by atoms with van der Waals surface area (Å²) in [6.45, 7) is 3.66. The molecule has 0 saturated carbocycles. The van der Waals surface area contributed by atoms with E-state index in [1.165, 1.54) is 0 Å². The number of benzene rings is 1. The highest BCUT2D eigenvalue weighted by Gasteiger charge is 1.94. The van der Waals surface area contributed by atoms with E-state index in [0.717, 1.165) is 18.6 Å². The lowest BCUT2D eigenvalue weighted by atomic mass is 10.3. The molecule has 0 atom stereocenters. The maximum atomic E-state index is 8.10. The van der Waals surface area contributed by atoms with E-state index in [9.17, 15) is 0 Å². The molecule has 5 heteroatoms. The van der Waals surface area contributed by atoms with Crippen molar-refractivity contribution in [3.8, 4) is 5.75 Å². The molecule has 0 aliphatic carbocycles. The first-order chi connectivity index (χ1) is 9.93. The van der Waals surface area contributed by atoms with E-state index in [2.05, 4.69) is 4.89 Å². The summed E-state index contributed by atoms with van der Waals surface area (Å²) in [4.78, 5) is 3.94. The van der Waals surface area contributed by atoms with Gasteiger partial charge < -0.3 is 14.2 Å². The first-order valence-electron chi connectivity index (χ1n) is 7.03. The van der Waals surface area contributed by atoms with Crippen molar-refractivity contribution in [2.75, 3.05) is 39.6 Å². The van der Waals surface area contributed by atoms with Gasteiger partial charge in [-0.25, -0.2) is 4.89 Å². The van der Waals surface area contributed by atoms with Gasteiger partial charge in [-0.05, 0) is 25.0 Å². The van der Waals surface area contributed by atoms with Gasteiger partial charge in [0.1, 0.15) is 5.75 Å². The van der Waals surface area contributed by atoms with Gasteiger partial charge in [0.25, 0.3) is 0 Å². The second-order valence-electron chi connectivity index (χ2n) is 4.28. The summed E-state index contributed by atoms with van der Waals surface area (Å²) in [5.74, 6) is 0.896. The molecule has 1 aromatic carbocycles. The van der Waals surface area contributed by atoms with E-state index in [4.69, 9.17) is 19.5 Å². The van der Waals surface area contributed by atoms with Crippen LogP contribution in [0.4, 0.5) is 0 Å². The summed E-state index contributed by atoms with van der Waals surface area (Å²) in [5, 5.41) is 8.10. The van der Waals surface area contributed by atoms with Gasteiger partial charge in [-0.2, -0.15) is 0 Å². The predicted molar refractivity (Wildman–Crippen MR) is 76.0 cm³/mol. The highest BCUT2D eigenvalue weighted by molar-refractivity contribution is 5.20. The Morgan fingerprint density at radius 3 is 1.85 bits per heavy atom. The Morgan fingerprint density at radius 2 is 1.25 bits per heavy atom. The molecule has 0 saturated heterocycles. The van der Waals surface area contributed by atoms with Crippen LogP contribution in [0.5, 0.6) is 5.75 Å². The van der Waals surface area contributed by atoms with Crippen molar-refractivity contribution in [3.63, 3.8) is 0 Å². The van der Waals surface area contributed by atoms with Gasteiger partial charge in [0.15, 0.2) is 0 Å². The zero-order chi connectivity index (χ0) is 14.3. The van der Waals surface area contributed by atoms with Crippen LogP contribution in [-0.4, -0.2) is 44.9 Å². The maximum Gasteiger partial charge on any atom is 0.119 e. The van der Waals surface area contributed by atoms with Gasteiger partial charge in [0.05, 0.1) is 13.2 Å². The number of hydrogen-bond acceptors (Lipinski definition) is 5. The molecule has 0 amide bonds. The van der Waals surface area contributed by atoms with Crippen LogP contribution in [0.2, 0.25) is 0 Å². The van der Waals surface area contributed by atoms with Crippen LogP contribution in [0.1, 0.15) is 19.3 Å². The van der Waals surface area contributed by atoms with E-state index >= 15 is 0 Å². The van der Waals surface area contributed by atoms with E-state index in [1.807, 2.05) is 30.3 Å². The van der Waals surface area contributed by atoms with Crippen LogP contribution in [0.25, 0.3) is 0 Å². The number of para-hydroxylation sites is 1. The van der Waals surface area contributed by atoms with Crippen molar-refractivity contribution in [1.29, 1.82) is 0 Å². The van der Waals surface area contributed by atoms with Crippen LogP contribution in [0, 0.1) is 0 Å². The molecule has 20 heavy (non-hydrogen) atoms. The number of hydrogen-bond donors (Lipinski definition) is 1. The Bertz CT molecular complexity index is 304. The molecule has 0 unspecified atom stereocenters. The van der Waals surface area contributed by atoms with Gasteiger partial charge in [-0.3, -0.25) is 5.26 Å². The minimum absolute atomic E-state index is 0.317. The number of ether oxygens (including phenoxy) is 3. The molecule has 0 heterocycles. The standard InChI is InChI=1S/C15H24O5/c16-20-14-6-12-18-10-4-9-17-11-5-13-19-15-7-2-1-3-8-15/h1-3,7-8,16H,4-6,9-14H2. The minimum atomic E-state index is 0.317. The SMILES string of the molecule is OOCCCOCCCOCCCOc1ccccc1. The molecular formula is C15H24O5. The Morgan fingerprint density at radius 1 is 0.700 bits per heavy atom. The Hall–Kier alpha value is -1.14. The van der Waals surface area contributed by atoms with Crippen LogP contribution in [0.15, 0.2) is 30.3 Å². The Balaban J connectivity index is 1.77. The Kier molecular flexibility index (Phi) is 10.9. The molecule has 0 aliphatic rings. The normalized spacial score (nSPS) is 10.7. The molecule has 1 aromatic rings. The fraction of sp³-hybridized carbons (Fsp3) is 0.600. The fourth-order valence-electron chi connectivity index (χ4n) is 1.56. The van der Waals surface area contributed by atoms with E-state index in [1.54, 1.807) is 0 Å². The van der Waals surface area contributed by atoms with Crippen molar-refractivity contribution in [2.24, 2.45) is 0 Å². The third-order valence-electron chi connectivity index (χ3n) is 2.55. The smallest absolute Gasteiger partial charge is 0.119 e. The second kappa shape index (κ2) is 12.9. The van der Waals surface area contributed by atoms with Crippen molar-refractivity contribution in [1.82, 2.24) is 0 Å². The predicted octanol–water partition coefficient (Wildman–Crippen LogP) is 2.76. The molecule has 0 spiro atoms. The van der Waals surface area contributed by atoms with Gasteiger partial charge in [0, 0.05) is 32.8 Å². The summed E-state index contributed by atoms with van der Waals surface area (Å²) >= 11 is 0. The monoisotopic (exact) mass is 284 g/mol. The molecule has 1 N–H and O–H groups in total. The van der Waals surface area contributed by atoms with E-state index < -0.39 is 0 Å². The second-order valence-corrected chi connectivity index (χ2v) is 4.28. The lowest BCUT2D eigenvalue weighted by Gasteiger charge is -2.07. The first kappa shape index (κ1) is 16.9. The summed E-state index contributed by atoms with van der Waals surface area (Å²) < 4.78 is 16.4. The van der Waals surface area contributed by atoms with Crippen LogP contribution in [-0.2, 0) is 14.4 Å². The summed E-state index contributed by atoms with van der Waals surface area (Å²) in [7, 11) is 0. The van der Waals surface area contributed by atoms with Gasteiger partial charge >= 0.3 is 0 Å². The van der Waals surface area contributed by atoms with E-state index in [-0.39, 0.29) is 0 Å². The zero-order valence-corrected chi connectivity index (χ0v) is 11.8. The molecule has 1 rings (SSSR count). The van der Waals surface area contributed by atoms with Crippen LogP contribution >= 0.6 is 0 Å². The zero-order valence-electron chi connectivity index (χ0n) is 11.8. The molecule has 5 nitrogen and oxygen atoms in total. The quantitative estimate of drug-likeness (QED) is 0.343. The van der Waals surface area contributed by atoms with Gasteiger partial charge in [-0.15, -0.1) is 0 Å². The van der Waals surface area contributed by atoms with Crippen LogP contribution in [0.3, 0.4) is 0 Å². The Labute approximate surface area is 120 Å². The molecule has 0 aliphatic heterocycles. The van der Waals surface area contributed by atoms with Gasteiger partial charge in [0.2, 0.25) is 0 Å². The molecule has 0 aromatic heterocycles. The highest BCUT2D eigenvalue weighted by atomic mass is 17.1. The fourth-order valence-corrected chi connectivity index (χ4v) is 1.56. The third-order valence-corrected chi connectivity index (χ3v) is 2.55. The number of rotatable bonds is 13. The average molecular weight is 284 g/mol. The van der Waals surface area contributed by atoms with Crippen LogP contribution < -0.4 is 4.74 Å². The molecule has 0 fully saturated rings. The first-order valence-corrected chi connectivity index (χ1v) is 7.03. The third kappa shape index (κ3) is 9.75. The van der Waals surface area contributed by atoms with Gasteiger partial charge in [-0.1, -0.05) is 18.2 Å². The highest BCUT2D eigenvalue weighted by Crippen LogP contribution is 2.08. The lowest BCUT2D eigenvalue weighted by molar-refractivity contribution is -0.244. The molecule has 0 bridgehead atoms. The van der Waals surface area contributed by atoms with Crippen molar-refractivity contribution < 1.29 is 24.4 Å². The topological polar surface area (TPSA) is 57.2 Å². The van der Waals surface area contributed by atoms with Crippen molar-refractivity contribution in [3.05, 3.63) is 30.3 Å². The van der Waals surface area contributed by atoms with Crippen molar-refractivity contribution >= 4 is 0 Å². The summed E-state index contributed by atoms with van der Waals surface area (Å²) in [6.07, 6.45) is 2.46. The lowest BCUT2D eigenvalue weighted by Crippen LogP contribution is -2.06. The molecule has 114 valence electrons. The van der Waals surface area contributed by atoms with E-state index in [0.29, 0.717) is 46.1 Å². The largest absolute Gasteiger partial charge is 0.494 e. The summed E-state index contributed by atoms with van der Waals surface area (Å²) in [6, 6.07) is 9.77. The average Bonchev–Trinajstić information content (AvgIpc) is 2.49. The van der Waals surface area contributed by atoms with Crippen molar-refractivity contribution in [2.45, 2.75) is 19.3 Å². The summed E-state index contributed by atoms with van der Waals surface area (Å²) in [5.41, 5.74) is 0. The minimum Gasteiger partial charge on any atom is -0.494 e. The molecule has 0 radical (unpaired) electrons.